The molecular weight excluding hydrogens is 378 g/mol. The fourth-order valence-electron chi connectivity index (χ4n) is 4.75. The first-order chi connectivity index (χ1) is 14.4. The number of aryl methyl sites for hydroxylation is 2. The minimum Gasteiger partial charge on any atom is -0.497 e. The summed E-state index contributed by atoms with van der Waals surface area (Å²) in [5.41, 5.74) is 5.44. The first kappa shape index (κ1) is 20.2. The zero-order valence-electron chi connectivity index (χ0n) is 18.0. The average molecular weight is 405 g/mol. The van der Waals surface area contributed by atoms with Crippen LogP contribution in [0.2, 0.25) is 0 Å². The summed E-state index contributed by atoms with van der Waals surface area (Å²) in [4.78, 5) is 28.3. The van der Waals surface area contributed by atoms with Crippen molar-refractivity contribution in [3.8, 4) is 11.5 Å². The Labute approximate surface area is 177 Å². The number of hydrogen-bond donors (Lipinski definition) is 0. The molecule has 0 unspecified atom stereocenters. The van der Waals surface area contributed by atoms with Crippen LogP contribution in [0.5, 0.6) is 11.5 Å². The molecule has 1 aliphatic carbocycles. The van der Waals surface area contributed by atoms with E-state index in [0.29, 0.717) is 24.3 Å². The molecule has 2 aromatic rings. The van der Waals surface area contributed by atoms with Crippen LogP contribution < -0.4 is 14.4 Å². The number of carbonyl (C=O) groups is 2. The number of amides is 1. The number of rotatable bonds is 4. The molecule has 156 valence electrons. The summed E-state index contributed by atoms with van der Waals surface area (Å²) < 4.78 is 11.0. The molecular formula is C25H27NO4. The second-order valence-corrected chi connectivity index (χ2v) is 8.08. The van der Waals surface area contributed by atoms with Gasteiger partial charge in [0.15, 0.2) is 5.78 Å². The Morgan fingerprint density at radius 3 is 2.33 bits per heavy atom. The first-order valence-electron chi connectivity index (χ1n) is 10.3. The van der Waals surface area contributed by atoms with E-state index in [1.54, 1.807) is 19.1 Å². The lowest BCUT2D eigenvalue weighted by molar-refractivity contribution is -0.119. The zero-order valence-corrected chi connectivity index (χ0v) is 18.0. The molecule has 0 fully saturated rings. The van der Waals surface area contributed by atoms with Gasteiger partial charge in [-0.2, -0.15) is 0 Å². The largest absolute Gasteiger partial charge is 0.497 e. The first-order valence-corrected chi connectivity index (χ1v) is 10.3. The fraction of sp³-hybridized carbons (Fsp3) is 0.360. The third-order valence-corrected chi connectivity index (χ3v) is 5.95. The molecule has 5 heteroatoms. The van der Waals surface area contributed by atoms with Gasteiger partial charge in [-0.15, -0.1) is 0 Å². The third-order valence-electron chi connectivity index (χ3n) is 5.95. The third kappa shape index (κ3) is 3.49. The van der Waals surface area contributed by atoms with Crippen LogP contribution in [0.15, 0.2) is 47.7 Å². The van der Waals surface area contributed by atoms with Crippen molar-refractivity contribution in [2.75, 3.05) is 19.1 Å². The van der Waals surface area contributed by atoms with E-state index >= 15 is 0 Å². The van der Waals surface area contributed by atoms with Crippen molar-refractivity contribution in [2.24, 2.45) is 0 Å². The molecule has 0 saturated heterocycles. The van der Waals surface area contributed by atoms with Crippen molar-refractivity contribution < 1.29 is 19.1 Å². The average Bonchev–Trinajstić information content (AvgIpc) is 2.72. The number of methoxy groups -OCH3 is 2. The number of ether oxygens (including phenoxy) is 2. The van der Waals surface area contributed by atoms with Gasteiger partial charge in [0, 0.05) is 41.3 Å². The van der Waals surface area contributed by atoms with E-state index in [0.717, 1.165) is 40.1 Å². The summed E-state index contributed by atoms with van der Waals surface area (Å²) in [7, 11) is 3.21. The molecule has 0 saturated carbocycles. The Balaban J connectivity index is 1.90. The number of allylic oxidation sites excluding steroid dienone is 2. The summed E-state index contributed by atoms with van der Waals surface area (Å²) in [5.74, 6) is 1.14. The van der Waals surface area contributed by atoms with Crippen LogP contribution >= 0.6 is 0 Å². The van der Waals surface area contributed by atoms with Crippen molar-refractivity contribution >= 4 is 17.4 Å². The van der Waals surface area contributed by atoms with Gasteiger partial charge in [0.1, 0.15) is 11.5 Å². The summed E-state index contributed by atoms with van der Waals surface area (Å²) in [6.07, 6.45) is 2.20. The SMILES string of the molecule is COc1ccc(OC)c([C@H]2CC(=O)N(c3cc(C)cc(C)c3)C3=C2C(=O)CCC3)c1. The highest BCUT2D eigenvalue weighted by molar-refractivity contribution is 6.07. The second kappa shape index (κ2) is 7.98. The molecule has 4 rings (SSSR count). The smallest absolute Gasteiger partial charge is 0.232 e. The maximum atomic E-state index is 13.4. The minimum absolute atomic E-state index is 0.00308. The lowest BCUT2D eigenvalue weighted by Crippen LogP contribution is -2.40. The highest BCUT2D eigenvalue weighted by Crippen LogP contribution is 2.46. The quantitative estimate of drug-likeness (QED) is 0.730. The Bertz CT molecular complexity index is 1030. The molecule has 1 heterocycles. The highest BCUT2D eigenvalue weighted by Gasteiger charge is 2.40. The lowest BCUT2D eigenvalue weighted by atomic mass is 9.76. The van der Waals surface area contributed by atoms with Gasteiger partial charge in [-0.25, -0.2) is 0 Å². The van der Waals surface area contributed by atoms with E-state index in [1.807, 2.05) is 44.2 Å². The monoisotopic (exact) mass is 405 g/mol. The van der Waals surface area contributed by atoms with Crippen LogP contribution in [0.1, 0.15) is 48.3 Å². The van der Waals surface area contributed by atoms with Gasteiger partial charge < -0.3 is 9.47 Å². The van der Waals surface area contributed by atoms with Gasteiger partial charge in [-0.05, 0) is 68.1 Å². The van der Waals surface area contributed by atoms with Crippen LogP contribution in [-0.4, -0.2) is 25.9 Å². The number of benzene rings is 2. The van der Waals surface area contributed by atoms with Crippen LogP contribution in [-0.2, 0) is 9.59 Å². The molecule has 0 bridgehead atoms. The van der Waals surface area contributed by atoms with E-state index in [4.69, 9.17) is 9.47 Å². The van der Waals surface area contributed by atoms with E-state index in [9.17, 15) is 9.59 Å². The van der Waals surface area contributed by atoms with Gasteiger partial charge in [0.2, 0.25) is 5.91 Å². The molecule has 2 aromatic carbocycles. The molecule has 0 aromatic heterocycles. The van der Waals surface area contributed by atoms with Gasteiger partial charge >= 0.3 is 0 Å². The predicted molar refractivity (Wildman–Crippen MR) is 116 cm³/mol. The minimum atomic E-state index is -0.326. The van der Waals surface area contributed by atoms with Crippen molar-refractivity contribution in [1.82, 2.24) is 0 Å². The van der Waals surface area contributed by atoms with Gasteiger partial charge in [0.05, 0.1) is 14.2 Å². The maximum Gasteiger partial charge on any atom is 0.232 e. The Kier molecular flexibility index (Phi) is 5.37. The molecule has 1 atom stereocenters. The summed E-state index contributed by atoms with van der Waals surface area (Å²) in [5, 5.41) is 0. The molecule has 0 N–H and O–H groups in total. The Morgan fingerprint density at radius 1 is 0.933 bits per heavy atom. The number of hydrogen-bond acceptors (Lipinski definition) is 4. The molecule has 5 nitrogen and oxygen atoms in total. The van der Waals surface area contributed by atoms with Crippen LogP contribution in [0.3, 0.4) is 0 Å². The van der Waals surface area contributed by atoms with Gasteiger partial charge in [-0.1, -0.05) is 6.07 Å². The van der Waals surface area contributed by atoms with E-state index in [2.05, 4.69) is 6.07 Å². The Morgan fingerprint density at radius 2 is 1.67 bits per heavy atom. The van der Waals surface area contributed by atoms with Crippen LogP contribution in [0, 0.1) is 13.8 Å². The fourth-order valence-corrected chi connectivity index (χ4v) is 4.75. The number of carbonyl (C=O) groups excluding carboxylic acids is 2. The van der Waals surface area contributed by atoms with E-state index in [-0.39, 0.29) is 24.0 Å². The van der Waals surface area contributed by atoms with Gasteiger partial charge in [-0.3, -0.25) is 14.5 Å². The molecule has 0 spiro atoms. The zero-order chi connectivity index (χ0) is 21.4. The molecule has 30 heavy (non-hydrogen) atoms. The van der Waals surface area contributed by atoms with E-state index < -0.39 is 0 Å². The summed E-state index contributed by atoms with van der Waals surface area (Å²) in [6, 6.07) is 11.7. The van der Waals surface area contributed by atoms with Crippen molar-refractivity contribution in [2.45, 2.75) is 45.4 Å². The maximum absolute atomic E-state index is 13.4. The normalized spacial score (nSPS) is 19.1. The number of Topliss-reactive ketones (excluding diaryl/α,β-unsaturated/α-hetero) is 1. The molecule has 1 aliphatic heterocycles. The molecule has 1 amide bonds. The Hall–Kier alpha value is -3.08. The van der Waals surface area contributed by atoms with Gasteiger partial charge in [0.25, 0.3) is 0 Å². The second-order valence-electron chi connectivity index (χ2n) is 8.08. The topological polar surface area (TPSA) is 55.8 Å². The molecule has 0 radical (unpaired) electrons. The highest BCUT2D eigenvalue weighted by atomic mass is 16.5. The van der Waals surface area contributed by atoms with E-state index in [1.165, 1.54) is 0 Å². The number of nitrogens with zero attached hydrogens (tertiary/aromatic N) is 1. The van der Waals surface area contributed by atoms with Crippen molar-refractivity contribution in [1.29, 1.82) is 0 Å². The molecule has 2 aliphatic rings. The van der Waals surface area contributed by atoms with Crippen LogP contribution in [0.25, 0.3) is 0 Å². The predicted octanol–water partition coefficient (Wildman–Crippen LogP) is 4.85. The number of ketones is 1. The van der Waals surface area contributed by atoms with Crippen molar-refractivity contribution in [3.05, 3.63) is 64.4 Å². The summed E-state index contributed by atoms with van der Waals surface area (Å²) in [6.45, 7) is 4.05. The van der Waals surface area contributed by atoms with Crippen LogP contribution in [0.4, 0.5) is 5.69 Å². The number of anilines is 1. The summed E-state index contributed by atoms with van der Waals surface area (Å²) >= 11 is 0. The lowest BCUT2D eigenvalue weighted by Gasteiger charge is -2.38. The standard InChI is InChI=1S/C25H27NO4/c1-15-10-16(2)12-17(11-15)26-21-6-5-7-22(27)25(21)20(14-24(26)28)19-13-18(29-3)8-9-23(19)30-4/h8-13,20H,5-7,14H2,1-4H3/t20-/m1/s1. The van der Waals surface area contributed by atoms with Crippen molar-refractivity contribution in [3.63, 3.8) is 0 Å².